The lowest BCUT2D eigenvalue weighted by Gasteiger charge is -2.14. The van der Waals surface area contributed by atoms with Crippen LogP contribution in [-0.2, 0) is 6.42 Å². The van der Waals surface area contributed by atoms with Crippen molar-refractivity contribution in [3.05, 3.63) is 29.8 Å². The average Bonchev–Trinajstić information content (AvgIpc) is 1.93. The van der Waals surface area contributed by atoms with Crippen molar-refractivity contribution < 1.29 is 14.3 Å². The quantitative estimate of drug-likeness (QED) is 0.565. The van der Waals surface area contributed by atoms with E-state index >= 15 is 0 Å². The summed E-state index contributed by atoms with van der Waals surface area (Å²) in [6.07, 6.45) is 1.78. The number of hydrogen-bond donors (Lipinski definition) is 1. The Kier molecular flexibility index (Phi) is 6.18. The molecule has 3 heteroatoms. The zero-order chi connectivity index (χ0) is 10.1. The maximum atomic E-state index is 12.6. The van der Waals surface area contributed by atoms with E-state index in [0.717, 1.165) is 10.9 Å². The summed E-state index contributed by atoms with van der Waals surface area (Å²) in [5, 5.41) is 9.33. The van der Waals surface area contributed by atoms with Crippen LogP contribution in [0.3, 0.4) is 0 Å². The van der Waals surface area contributed by atoms with E-state index in [1.807, 2.05) is 0 Å². The highest BCUT2D eigenvalue weighted by Crippen LogP contribution is 2.18. The molecule has 1 N–H and O–H groups in total. The van der Waals surface area contributed by atoms with E-state index in [9.17, 15) is 9.60 Å². The van der Waals surface area contributed by atoms with E-state index in [2.05, 4.69) is 20.8 Å². The molecule has 1 aromatic heterocycles. The third-order valence-corrected chi connectivity index (χ3v) is 1.69. The number of rotatable bonds is 1. The summed E-state index contributed by atoms with van der Waals surface area (Å²) in [6, 6.07) is 2.95. The number of pyridine rings is 1. The highest BCUT2D eigenvalue weighted by Gasteiger charge is 2.19. The summed E-state index contributed by atoms with van der Waals surface area (Å²) in [4.78, 5) is 0. The first kappa shape index (κ1) is 16.3. The zero-order valence-electron chi connectivity index (χ0n) is 8.21. The molecule has 88 valence electrons. The largest absolute Gasteiger partial charge is 0.285 e. The van der Waals surface area contributed by atoms with Gasteiger partial charge in [0.15, 0.2) is 5.82 Å². The van der Waals surface area contributed by atoms with E-state index in [1.165, 1.54) is 6.07 Å². The first-order valence-corrected chi connectivity index (χ1v) is 4.28. The van der Waals surface area contributed by atoms with Gasteiger partial charge in [-0.05, 0) is 11.5 Å². The normalized spacial score (nSPS) is 10.1. The van der Waals surface area contributed by atoms with Gasteiger partial charge in [-0.15, -0.1) is 0 Å². The van der Waals surface area contributed by atoms with Gasteiger partial charge in [-0.2, -0.15) is 0 Å². The van der Waals surface area contributed by atoms with Crippen molar-refractivity contribution >= 4 is 0 Å². The van der Waals surface area contributed by atoms with Gasteiger partial charge in [-0.3, -0.25) is 5.21 Å². The van der Waals surface area contributed by atoms with Crippen molar-refractivity contribution in [2.24, 2.45) is 5.41 Å². The fourth-order valence-corrected chi connectivity index (χ4v) is 1.18. The molecule has 0 saturated heterocycles. The lowest BCUT2D eigenvalue weighted by atomic mass is 9.90. The summed E-state index contributed by atoms with van der Waals surface area (Å²) in [5.74, 6) is -0.430. The number of halogens is 1. The Balaban J connectivity index is 0. The minimum absolute atomic E-state index is 0. The van der Waals surface area contributed by atoms with Crippen molar-refractivity contribution in [2.45, 2.75) is 42.0 Å². The van der Waals surface area contributed by atoms with Crippen LogP contribution < -0.4 is 4.73 Å². The first-order chi connectivity index (χ1) is 5.88. The molecule has 0 atom stereocenters. The van der Waals surface area contributed by atoms with E-state index in [4.69, 9.17) is 0 Å². The van der Waals surface area contributed by atoms with Crippen LogP contribution in [0.4, 0.5) is 4.39 Å². The number of aromatic nitrogens is 1. The van der Waals surface area contributed by atoms with Crippen LogP contribution >= 0.6 is 0 Å². The Morgan fingerprint density at radius 3 is 2.20 bits per heavy atom. The second-order valence-electron chi connectivity index (χ2n) is 4.42. The van der Waals surface area contributed by atoms with E-state index in [1.54, 1.807) is 6.07 Å². The van der Waals surface area contributed by atoms with Gasteiger partial charge in [0, 0.05) is 17.2 Å². The summed E-state index contributed by atoms with van der Waals surface area (Å²) in [7, 11) is 0. The molecule has 1 aromatic rings. The molecular weight excluding hydrogens is 193 g/mol. The molecule has 0 unspecified atom stereocenters. The Morgan fingerprint density at radius 2 is 1.80 bits per heavy atom. The molecule has 1 rings (SSSR count). The second kappa shape index (κ2) is 5.69. The fourth-order valence-electron chi connectivity index (χ4n) is 1.18. The topological polar surface area (TPSA) is 24.1 Å². The van der Waals surface area contributed by atoms with Gasteiger partial charge in [0.05, 0.1) is 0 Å². The van der Waals surface area contributed by atoms with E-state index in [-0.39, 0.29) is 20.3 Å². The van der Waals surface area contributed by atoms with Crippen LogP contribution in [0, 0.1) is 11.2 Å². The van der Waals surface area contributed by atoms with Gasteiger partial charge in [-0.25, -0.2) is 4.39 Å². The molecular formula is C12H23FNO+. The van der Waals surface area contributed by atoms with Crippen molar-refractivity contribution in [3.63, 3.8) is 0 Å². The molecule has 0 bridgehead atoms. The molecule has 2 nitrogen and oxygen atoms in total. The van der Waals surface area contributed by atoms with Crippen LogP contribution in [0.15, 0.2) is 18.3 Å². The summed E-state index contributed by atoms with van der Waals surface area (Å²) in [6.45, 7) is 6.20. The van der Waals surface area contributed by atoms with Gasteiger partial charge in [0.1, 0.15) is 0 Å². The molecule has 1 heterocycles. The molecule has 0 aliphatic heterocycles. The van der Waals surface area contributed by atoms with Crippen LogP contribution in [0.1, 0.15) is 41.3 Å². The Bertz CT molecular complexity index is 305. The highest BCUT2D eigenvalue weighted by atomic mass is 19.1. The van der Waals surface area contributed by atoms with Crippen LogP contribution in [0.5, 0.6) is 0 Å². The standard InChI is InChI=1S/C10H15FNO.2CH4/c1-10(2,3)6-9-5-4-8(11)7-12(9)13;;/h4-5,7,13H,6H2,1-3H3;2*1H4/q+1;;. The Labute approximate surface area is 92.3 Å². The van der Waals surface area contributed by atoms with Crippen molar-refractivity contribution in [3.8, 4) is 0 Å². The van der Waals surface area contributed by atoms with Crippen LogP contribution in [0.2, 0.25) is 0 Å². The molecule has 15 heavy (non-hydrogen) atoms. The first-order valence-electron chi connectivity index (χ1n) is 4.28. The number of hydrogen-bond acceptors (Lipinski definition) is 1. The molecule has 0 aliphatic rings. The van der Waals surface area contributed by atoms with Crippen LogP contribution in [-0.4, -0.2) is 5.21 Å². The van der Waals surface area contributed by atoms with Gasteiger partial charge in [0.25, 0.3) is 6.20 Å². The van der Waals surface area contributed by atoms with Gasteiger partial charge >= 0.3 is 0 Å². The Morgan fingerprint density at radius 1 is 1.27 bits per heavy atom. The predicted octanol–water partition coefficient (Wildman–Crippen LogP) is 3.21. The fraction of sp³-hybridized carbons (Fsp3) is 0.583. The SMILES string of the molecule is C.C.CC(C)(C)Cc1ccc(F)c[n+]1O. The van der Waals surface area contributed by atoms with Crippen molar-refractivity contribution in [2.75, 3.05) is 0 Å². The van der Waals surface area contributed by atoms with Gasteiger partial charge in [0.2, 0.25) is 5.69 Å². The monoisotopic (exact) mass is 216 g/mol. The smallest absolute Gasteiger partial charge is 0.258 e. The maximum Gasteiger partial charge on any atom is 0.258 e. The van der Waals surface area contributed by atoms with Crippen molar-refractivity contribution in [1.82, 2.24) is 0 Å². The van der Waals surface area contributed by atoms with E-state index < -0.39 is 5.82 Å². The summed E-state index contributed by atoms with van der Waals surface area (Å²) < 4.78 is 13.4. The lowest BCUT2D eigenvalue weighted by molar-refractivity contribution is -0.910. The van der Waals surface area contributed by atoms with Crippen LogP contribution in [0.25, 0.3) is 0 Å². The molecule has 0 radical (unpaired) electrons. The Hall–Kier alpha value is -1.12. The molecule has 0 amide bonds. The summed E-state index contributed by atoms with van der Waals surface area (Å²) >= 11 is 0. The molecule has 0 fully saturated rings. The second-order valence-corrected chi connectivity index (χ2v) is 4.42. The zero-order valence-corrected chi connectivity index (χ0v) is 8.21. The predicted molar refractivity (Wildman–Crippen MR) is 60.4 cm³/mol. The van der Waals surface area contributed by atoms with Crippen molar-refractivity contribution in [1.29, 1.82) is 0 Å². The minimum atomic E-state index is -0.430. The molecule has 0 spiro atoms. The molecule has 0 aliphatic carbocycles. The van der Waals surface area contributed by atoms with Gasteiger partial charge < -0.3 is 0 Å². The lowest BCUT2D eigenvalue weighted by Crippen LogP contribution is -2.37. The molecule has 0 saturated carbocycles. The van der Waals surface area contributed by atoms with Gasteiger partial charge in [-0.1, -0.05) is 35.6 Å². The number of nitrogens with zero attached hydrogens (tertiary/aromatic N) is 1. The minimum Gasteiger partial charge on any atom is -0.285 e. The molecule has 0 aromatic carbocycles. The summed E-state index contributed by atoms with van der Waals surface area (Å²) in [5.41, 5.74) is 0.802. The average molecular weight is 216 g/mol. The highest BCUT2D eigenvalue weighted by molar-refractivity contribution is 5.00. The third kappa shape index (κ3) is 5.35. The van der Waals surface area contributed by atoms with E-state index in [0.29, 0.717) is 12.1 Å². The third-order valence-electron chi connectivity index (χ3n) is 1.69. The maximum absolute atomic E-state index is 12.6.